The van der Waals surface area contributed by atoms with Crippen molar-refractivity contribution in [3.05, 3.63) is 28.8 Å². The number of hydrogen-bond acceptors (Lipinski definition) is 3. The van der Waals surface area contributed by atoms with Crippen molar-refractivity contribution in [1.29, 1.82) is 0 Å². The molecule has 4 nitrogen and oxygen atoms in total. The number of hydrogen-bond donors (Lipinski definition) is 2. The molecule has 0 aliphatic rings. The van der Waals surface area contributed by atoms with Crippen molar-refractivity contribution in [2.24, 2.45) is 0 Å². The molecule has 0 saturated heterocycles. The van der Waals surface area contributed by atoms with Crippen LogP contribution in [0.2, 0.25) is 5.02 Å². The van der Waals surface area contributed by atoms with E-state index in [1.54, 1.807) is 4.72 Å². The molecule has 0 spiro atoms. The molecule has 0 aromatic heterocycles. The van der Waals surface area contributed by atoms with Gasteiger partial charge in [-0.15, -0.1) is 0 Å². The Hall–Kier alpha value is -0.760. The summed E-state index contributed by atoms with van der Waals surface area (Å²) in [6, 6.07) is 4.00. The summed E-state index contributed by atoms with van der Waals surface area (Å²) in [5, 5.41) is 8.70. The molecule has 0 amide bonds. The average Bonchev–Trinajstić information content (AvgIpc) is 2.26. The minimum atomic E-state index is -4.05. The highest BCUT2D eigenvalue weighted by atomic mass is 35.5. The van der Waals surface area contributed by atoms with Crippen molar-refractivity contribution < 1.29 is 22.3 Å². The largest absolute Gasteiger partial charge is 0.390 e. The molecular formula is C10H12ClF2NO3S. The van der Waals surface area contributed by atoms with E-state index in [0.29, 0.717) is 10.6 Å². The lowest BCUT2D eigenvalue weighted by Crippen LogP contribution is -2.39. The maximum atomic E-state index is 12.8. The van der Waals surface area contributed by atoms with E-state index in [1.165, 1.54) is 25.1 Å². The van der Waals surface area contributed by atoms with Crippen molar-refractivity contribution in [2.75, 3.05) is 13.2 Å². The molecule has 0 fully saturated rings. The van der Waals surface area contributed by atoms with Crippen LogP contribution in [-0.4, -0.2) is 32.6 Å². The Bertz CT molecular complexity index is 534. The number of aliphatic hydroxyl groups is 1. The van der Waals surface area contributed by atoms with Crippen LogP contribution in [0.4, 0.5) is 8.78 Å². The van der Waals surface area contributed by atoms with Crippen LogP contribution in [0.25, 0.3) is 0 Å². The second-order valence-corrected chi connectivity index (χ2v) is 5.92. The third-order valence-electron chi connectivity index (χ3n) is 2.18. The molecule has 0 saturated carbocycles. The first kappa shape index (κ1) is 15.3. The number of benzene rings is 1. The normalized spacial score (nSPS) is 12.7. The molecule has 18 heavy (non-hydrogen) atoms. The highest BCUT2D eigenvalue weighted by Crippen LogP contribution is 2.20. The average molecular weight is 300 g/mol. The van der Waals surface area contributed by atoms with E-state index in [-0.39, 0.29) is 4.90 Å². The van der Waals surface area contributed by atoms with Gasteiger partial charge in [-0.2, -0.15) is 0 Å². The van der Waals surface area contributed by atoms with Gasteiger partial charge in [0.25, 0.3) is 5.92 Å². The van der Waals surface area contributed by atoms with E-state index in [1.807, 2.05) is 0 Å². The zero-order valence-corrected chi connectivity index (χ0v) is 11.0. The first-order chi connectivity index (χ1) is 8.18. The van der Waals surface area contributed by atoms with E-state index in [2.05, 4.69) is 0 Å². The lowest BCUT2D eigenvalue weighted by molar-refractivity contribution is -0.0437. The van der Waals surface area contributed by atoms with E-state index in [0.717, 1.165) is 0 Å². The minimum absolute atomic E-state index is 0.124. The first-order valence-corrected chi connectivity index (χ1v) is 6.78. The Labute approximate surface area is 109 Å². The van der Waals surface area contributed by atoms with Gasteiger partial charge in [0.1, 0.15) is 6.61 Å². The summed E-state index contributed by atoms with van der Waals surface area (Å²) >= 11 is 5.67. The second kappa shape index (κ2) is 5.48. The number of aliphatic hydroxyl groups excluding tert-OH is 1. The SMILES string of the molecule is Cc1cc(Cl)ccc1S(=O)(=O)NCC(F)(F)CO. The molecule has 1 rings (SSSR count). The zero-order valence-electron chi connectivity index (χ0n) is 9.45. The smallest absolute Gasteiger partial charge is 0.283 e. The highest BCUT2D eigenvalue weighted by Gasteiger charge is 2.30. The van der Waals surface area contributed by atoms with Gasteiger partial charge in [0.05, 0.1) is 11.4 Å². The van der Waals surface area contributed by atoms with E-state index >= 15 is 0 Å². The fraction of sp³-hybridized carbons (Fsp3) is 0.400. The molecule has 1 aromatic rings. The summed E-state index contributed by atoms with van der Waals surface area (Å²) in [6.45, 7) is -1.08. The summed E-state index contributed by atoms with van der Waals surface area (Å²) in [4.78, 5) is -0.124. The number of nitrogens with one attached hydrogen (secondary N) is 1. The third-order valence-corrected chi connectivity index (χ3v) is 3.98. The lowest BCUT2D eigenvalue weighted by atomic mass is 10.2. The molecule has 1 aromatic carbocycles. The Morgan fingerprint density at radius 2 is 2.06 bits per heavy atom. The molecule has 2 N–H and O–H groups in total. The maximum Gasteiger partial charge on any atom is 0.283 e. The maximum absolute atomic E-state index is 12.8. The standard InChI is InChI=1S/C10H12ClF2NO3S/c1-7-4-8(11)2-3-9(7)18(16,17)14-5-10(12,13)6-15/h2-4,14-15H,5-6H2,1H3. The van der Waals surface area contributed by atoms with Crippen LogP contribution in [0, 0.1) is 6.92 Å². The van der Waals surface area contributed by atoms with Crippen LogP contribution >= 0.6 is 11.6 Å². The summed E-state index contributed by atoms with van der Waals surface area (Å²) in [7, 11) is -4.05. The van der Waals surface area contributed by atoms with Gasteiger partial charge in [-0.25, -0.2) is 21.9 Å². The molecule has 0 bridgehead atoms. The number of aryl methyl sites for hydroxylation is 1. The fourth-order valence-corrected chi connectivity index (χ4v) is 2.76. The van der Waals surface area contributed by atoms with Crippen molar-refractivity contribution in [3.63, 3.8) is 0 Å². The van der Waals surface area contributed by atoms with Crippen LogP contribution in [0.5, 0.6) is 0 Å². The van der Waals surface area contributed by atoms with Crippen LogP contribution in [0.1, 0.15) is 5.56 Å². The molecule has 0 radical (unpaired) electrons. The zero-order chi connectivity index (χ0) is 14.0. The predicted molar refractivity (Wildman–Crippen MR) is 63.4 cm³/mol. The van der Waals surface area contributed by atoms with E-state index in [4.69, 9.17) is 16.7 Å². The van der Waals surface area contributed by atoms with Gasteiger partial charge >= 0.3 is 0 Å². The topological polar surface area (TPSA) is 66.4 Å². The highest BCUT2D eigenvalue weighted by molar-refractivity contribution is 7.89. The quantitative estimate of drug-likeness (QED) is 0.867. The molecule has 102 valence electrons. The molecule has 0 heterocycles. The lowest BCUT2D eigenvalue weighted by Gasteiger charge is -2.15. The summed E-state index contributed by atoms with van der Waals surface area (Å²) in [6.07, 6.45) is 0. The molecular weight excluding hydrogens is 288 g/mol. The van der Waals surface area contributed by atoms with Gasteiger partial charge in [-0.1, -0.05) is 11.6 Å². The Morgan fingerprint density at radius 1 is 1.44 bits per heavy atom. The summed E-state index contributed by atoms with van der Waals surface area (Å²) < 4.78 is 50.8. The van der Waals surface area contributed by atoms with Gasteiger partial charge in [-0.3, -0.25) is 0 Å². The summed E-state index contributed by atoms with van der Waals surface area (Å²) in [5.74, 6) is -3.49. The summed E-state index contributed by atoms with van der Waals surface area (Å²) in [5.41, 5.74) is 0.349. The number of sulfonamides is 1. The fourth-order valence-electron chi connectivity index (χ4n) is 1.25. The van der Waals surface area contributed by atoms with Gasteiger partial charge in [-0.05, 0) is 30.7 Å². The van der Waals surface area contributed by atoms with Crippen LogP contribution < -0.4 is 4.72 Å². The Kier molecular flexibility index (Phi) is 4.66. The van der Waals surface area contributed by atoms with Crippen LogP contribution in [-0.2, 0) is 10.0 Å². The van der Waals surface area contributed by atoms with Gasteiger partial charge in [0.15, 0.2) is 0 Å². The van der Waals surface area contributed by atoms with Crippen molar-refractivity contribution in [2.45, 2.75) is 17.7 Å². The van der Waals surface area contributed by atoms with Crippen molar-refractivity contribution in [3.8, 4) is 0 Å². The van der Waals surface area contributed by atoms with Crippen molar-refractivity contribution >= 4 is 21.6 Å². The first-order valence-electron chi connectivity index (χ1n) is 4.92. The second-order valence-electron chi connectivity index (χ2n) is 3.75. The number of alkyl halides is 2. The predicted octanol–water partition coefficient (Wildman–Crippen LogP) is 1.55. The molecule has 0 atom stereocenters. The monoisotopic (exact) mass is 299 g/mol. The van der Waals surface area contributed by atoms with Crippen molar-refractivity contribution in [1.82, 2.24) is 4.72 Å². The van der Waals surface area contributed by atoms with Crippen LogP contribution in [0.15, 0.2) is 23.1 Å². The Balaban J connectivity index is 2.94. The van der Waals surface area contributed by atoms with Crippen LogP contribution in [0.3, 0.4) is 0 Å². The van der Waals surface area contributed by atoms with Gasteiger partial charge in [0.2, 0.25) is 10.0 Å². The van der Waals surface area contributed by atoms with E-state index < -0.39 is 29.1 Å². The van der Waals surface area contributed by atoms with Gasteiger partial charge in [0, 0.05) is 5.02 Å². The molecule has 0 aliphatic carbocycles. The number of rotatable bonds is 5. The third kappa shape index (κ3) is 3.88. The molecule has 0 unspecified atom stereocenters. The van der Waals surface area contributed by atoms with Gasteiger partial charge < -0.3 is 5.11 Å². The van der Waals surface area contributed by atoms with E-state index in [9.17, 15) is 17.2 Å². The molecule has 8 heteroatoms. The number of halogens is 3. The Morgan fingerprint density at radius 3 is 2.56 bits per heavy atom. The molecule has 0 aliphatic heterocycles. The minimum Gasteiger partial charge on any atom is -0.390 e.